The first kappa shape index (κ1) is 20.6. The molecule has 0 aromatic heterocycles. The molecule has 0 aliphatic carbocycles. The number of rotatable bonds is 4. The van der Waals surface area contributed by atoms with Crippen LogP contribution in [0.2, 0.25) is 0 Å². The molecule has 3 rings (SSSR count). The summed E-state index contributed by atoms with van der Waals surface area (Å²) in [6.45, 7) is 0.713. The SMILES string of the molecule is COC(=O)c1ccc([N+](=O)[O-])c(N2CCOC(c3ccc(C(F)(F)F)cc3)C2)c1. The summed E-state index contributed by atoms with van der Waals surface area (Å²) in [7, 11) is 1.21. The smallest absolute Gasteiger partial charge is 0.416 e. The average molecular weight is 410 g/mol. The zero-order valence-electron chi connectivity index (χ0n) is 15.3. The lowest BCUT2D eigenvalue weighted by Crippen LogP contribution is -2.38. The number of alkyl halides is 3. The molecule has 0 amide bonds. The number of hydrogen-bond acceptors (Lipinski definition) is 6. The summed E-state index contributed by atoms with van der Waals surface area (Å²) in [4.78, 5) is 24.3. The fourth-order valence-electron chi connectivity index (χ4n) is 3.13. The molecular weight excluding hydrogens is 393 g/mol. The minimum absolute atomic E-state index is 0.158. The first-order chi connectivity index (χ1) is 13.7. The van der Waals surface area contributed by atoms with Gasteiger partial charge in [0.25, 0.3) is 5.69 Å². The lowest BCUT2D eigenvalue weighted by molar-refractivity contribution is -0.384. The van der Waals surface area contributed by atoms with Gasteiger partial charge in [0, 0.05) is 19.2 Å². The zero-order chi connectivity index (χ0) is 21.2. The number of anilines is 1. The molecule has 0 bridgehead atoms. The quantitative estimate of drug-likeness (QED) is 0.431. The van der Waals surface area contributed by atoms with E-state index in [0.29, 0.717) is 12.1 Å². The Morgan fingerprint density at radius 3 is 2.52 bits per heavy atom. The Balaban J connectivity index is 1.88. The number of esters is 1. The van der Waals surface area contributed by atoms with Gasteiger partial charge in [0.15, 0.2) is 0 Å². The van der Waals surface area contributed by atoms with Crippen LogP contribution in [0.25, 0.3) is 0 Å². The molecule has 2 aromatic rings. The van der Waals surface area contributed by atoms with Crippen LogP contribution in [0, 0.1) is 10.1 Å². The van der Waals surface area contributed by atoms with Gasteiger partial charge >= 0.3 is 12.1 Å². The van der Waals surface area contributed by atoms with Crippen LogP contribution in [0.4, 0.5) is 24.5 Å². The van der Waals surface area contributed by atoms with Crippen LogP contribution < -0.4 is 4.90 Å². The Morgan fingerprint density at radius 2 is 1.93 bits per heavy atom. The van der Waals surface area contributed by atoms with E-state index >= 15 is 0 Å². The van der Waals surface area contributed by atoms with E-state index in [4.69, 9.17) is 4.74 Å². The fourth-order valence-corrected chi connectivity index (χ4v) is 3.13. The van der Waals surface area contributed by atoms with Crippen LogP contribution in [-0.4, -0.2) is 37.7 Å². The van der Waals surface area contributed by atoms with Gasteiger partial charge in [-0.3, -0.25) is 10.1 Å². The third-order valence-corrected chi connectivity index (χ3v) is 4.61. The Hall–Kier alpha value is -3.14. The first-order valence-electron chi connectivity index (χ1n) is 8.61. The average Bonchev–Trinajstić information content (AvgIpc) is 2.72. The number of nitro benzene ring substituents is 1. The highest BCUT2D eigenvalue weighted by Gasteiger charge is 2.31. The predicted molar refractivity (Wildman–Crippen MR) is 96.8 cm³/mol. The first-order valence-corrected chi connectivity index (χ1v) is 8.61. The van der Waals surface area contributed by atoms with Crippen LogP contribution in [-0.2, 0) is 15.7 Å². The van der Waals surface area contributed by atoms with Gasteiger partial charge in [0.2, 0.25) is 0 Å². The number of ether oxygens (including phenoxy) is 2. The summed E-state index contributed by atoms with van der Waals surface area (Å²) >= 11 is 0. The van der Waals surface area contributed by atoms with Gasteiger partial charge in [0.05, 0.1) is 29.8 Å². The number of morpholine rings is 1. The second-order valence-corrected chi connectivity index (χ2v) is 6.38. The molecule has 0 saturated carbocycles. The van der Waals surface area contributed by atoms with Crippen molar-refractivity contribution in [1.82, 2.24) is 0 Å². The van der Waals surface area contributed by atoms with Crippen molar-refractivity contribution in [2.45, 2.75) is 12.3 Å². The summed E-state index contributed by atoms with van der Waals surface area (Å²) < 4.78 is 48.6. The van der Waals surface area contributed by atoms with Crippen LogP contribution in [0.1, 0.15) is 27.6 Å². The molecule has 2 aromatic carbocycles. The maximum atomic E-state index is 12.8. The van der Waals surface area contributed by atoms with E-state index in [1.165, 1.54) is 37.4 Å². The monoisotopic (exact) mass is 410 g/mol. The summed E-state index contributed by atoms with van der Waals surface area (Å²) in [5.41, 5.74) is -0.0562. The van der Waals surface area contributed by atoms with E-state index in [0.717, 1.165) is 12.1 Å². The van der Waals surface area contributed by atoms with E-state index < -0.39 is 28.7 Å². The maximum Gasteiger partial charge on any atom is 0.416 e. The van der Waals surface area contributed by atoms with Gasteiger partial charge < -0.3 is 14.4 Å². The van der Waals surface area contributed by atoms with E-state index in [1.54, 1.807) is 4.90 Å². The van der Waals surface area contributed by atoms with Crippen molar-refractivity contribution in [3.63, 3.8) is 0 Å². The summed E-state index contributed by atoms with van der Waals surface area (Å²) in [6, 6.07) is 8.51. The molecule has 1 aliphatic rings. The van der Waals surface area contributed by atoms with Gasteiger partial charge in [0.1, 0.15) is 11.8 Å². The summed E-state index contributed by atoms with van der Waals surface area (Å²) in [5.74, 6) is -0.631. The molecule has 0 N–H and O–H groups in total. The van der Waals surface area contributed by atoms with Crippen molar-refractivity contribution >= 4 is 17.3 Å². The van der Waals surface area contributed by atoms with Crippen molar-refractivity contribution in [1.29, 1.82) is 0 Å². The largest absolute Gasteiger partial charge is 0.465 e. The number of nitro groups is 1. The molecule has 0 radical (unpaired) electrons. The standard InChI is InChI=1S/C19H17F3N2O5/c1-28-18(25)13-4-7-15(24(26)27)16(10-13)23-8-9-29-17(11-23)12-2-5-14(6-3-12)19(20,21)22/h2-7,10,17H,8-9,11H2,1H3. The molecule has 1 fully saturated rings. The Labute approximate surface area is 163 Å². The number of hydrogen-bond donors (Lipinski definition) is 0. The van der Waals surface area contributed by atoms with Gasteiger partial charge in [-0.15, -0.1) is 0 Å². The normalized spacial score (nSPS) is 17.1. The topological polar surface area (TPSA) is 81.9 Å². The van der Waals surface area contributed by atoms with Crippen molar-refractivity contribution in [2.24, 2.45) is 0 Å². The number of nitrogens with zero attached hydrogens (tertiary/aromatic N) is 2. The molecular formula is C19H17F3N2O5. The van der Waals surface area contributed by atoms with Crippen LogP contribution in [0.3, 0.4) is 0 Å². The van der Waals surface area contributed by atoms with Crippen molar-refractivity contribution < 1.29 is 32.4 Å². The van der Waals surface area contributed by atoms with Gasteiger partial charge in [-0.2, -0.15) is 13.2 Å². The second-order valence-electron chi connectivity index (χ2n) is 6.38. The van der Waals surface area contributed by atoms with E-state index in [2.05, 4.69) is 4.74 Å². The maximum absolute atomic E-state index is 12.8. The Morgan fingerprint density at radius 1 is 1.24 bits per heavy atom. The highest BCUT2D eigenvalue weighted by molar-refractivity contribution is 5.91. The molecule has 0 spiro atoms. The molecule has 7 nitrogen and oxygen atoms in total. The Kier molecular flexibility index (Phi) is 5.73. The third-order valence-electron chi connectivity index (χ3n) is 4.61. The van der Waals surface area contributed by atoms with E-state index in [-0.39, 0.29) is 30.1 Å². The molecule has 154 valence electrons. The lowest BCUT2D eigenvalue weighted by Gasteiger charge is -2.34. The molecule has 1 aliphatic heterocycles. The predicted octanol–water partition coefficient (Wildman–Crippen LogP) is 3.98. The number of carbonyl (C=O) groups is 1. The lowest BCUT2D eigenvalue weighted by atomic mass is 10.0. The van der Waals surface area contributed by atoms with Gasteiger partial charge in [-0.1, -0.05) is 12.1 Å². The van der Waals surface area contributed by atoms with E-state index in [9.17, 15) is 28.1 Å². The Bertz CT molecular complexity index is 915. The third kappa shape index (κ3) is 4.48. The second kappa shape index (κ2) is 8.08. The molecule has 1 unspecified atom stereocenters. The number of halogens is 3. The fraction of sp³-hybridized carbons (Fsp3) is 0.316. The molecule has 1 saturated heterocycles. The number of methoxy groups -OCH3 is 1. The molecule has 10 heteroatoms. The van der Waals surface area contributed by atoms with E-state index in [1.807, 2.05) is 0 Å². The van der Waals surface area contributed by atoms with Crippen molar-refractivity contribution in [3.05, 3.63) is 69.3 Å². The summed E-state index contributed by atoms with van der Waals surface area (Å²) in [6.07, 6.45) is -5.01. The van der Waals surface area contributed by atoms with Gasteiger partial charge in [-0.05, 0) is 29.8 Å². The van der Waals surface area contributed by atoms with Crippen molar-refractivity contribution in [2.75, 3.05) is 31.7 Å². The highest BCUT2D eigenvalue weighted by Crippen LogP contribution is 2.35. The number of benzene rings is 2. The van der Waals surface area contributed by atoms with Crippen LogP contribution in [0.5, 0.6) is 0 Å². The minimum Gasteiger partial charge on any atom is -0.465 e. The number of carbonyl (C=O) groups excluding carboxylic acids is 1. The minimum atomic E-state index is -4.44. The molecule has 1 atom stereocenters. The molecule has 1 heterocycles. The summed E-state index contributed by atoms with van der Waals surface area (Å²) in [5, 5.41) is 11.4. The van der Waals surface area contributed by atoms with Crippen LogP contribution >= 0.6 is 0 Å². The van der Waals surface area contributed by atoms with Crippen molar-refractivity contribution in [3.8, 4) is 0 Å². The zero-order valence-corrected chi connectivity index (χ0v) is 15.3. The van der Waals surface area contributed by atoms with Gasteiger partial charge in [-0.25, -0.2) is 4.79 Å². The molecule has 29 heavy (non-hydrogen) atoms. The van der Waals surface area contributed by atoms with Crippen LogP contribution in [0.15, 0.2) is 42.5 Å². The highest BCUT2D eigenvalue weighted by atomic mass is 19.4.